The Morgan fingerprint density at radius 1 is 1.29 bits per heavy atom. The van der Waals surface area contributed by atoms with Gasteiger partial charge in [-0.15, -0.1) is 12.4 Å². The minimum atomic E-state index is -4.20. The second-order valence-electron chi connectivity index (χ2n) is 3.76. The highest BCUT2D eigenvalue weighted by Gasteiger charge is 2.28. The van der Waals surface area contributed by atoms with Crippen LogP contribution in [0, 0.1) is 12.7 Å². The monoisotopic (exact) mass is 271 g/mol. The molecule has 2 N–H and O–H groups in total. The first-order valence-electron chi connectivity index (χ1n) is 4.88. The van der Waals surface area contributed by atoms with E-state index in [0.29, 0.717) is 11.1 Å². The van der Waals surface area contributed by atoms with Gasteiger partial charge >= 0.3 is 6.18 Å². The van der Waals surface area contributed by atoms with Crippen molar-refractivity contribution in [3.8, 4) is 0 Å². The zero-order chi connectivity index (χ0) is 12.3. The van der Waals surface area contributed by atoms with Crippen LogP contribution in [0.1, 0.15) is 30.0 Å². The maximum atomic E-state index is 12.8. The van der Waals surface area contributed by atoms with Gasteiger partial charge in [0.25, 0.3) is 0 Å². The Labute approximate surface area is 103 Å². The number of hydrogen-bond acceptors (Lipinski definition) is 1. The van der Waals surface area contributed by atoms with E-state index >= 15 is 0 Å². The highest BCUT2D eigenvalue weighted by atomic mass is 35.5. The summed E-state index contributed by atoms with van der Waals surface area (Å²) in [6.45, 7) is 1.63. The summed E-state index contributed by atoms with van der Waals surface area (Å²) in [5, 5.41) is 0. The SMILES string of the molecule is Cc1cc(F)ccc1[C@H](N)CCC(F)(F)F.Cl. The molecule has 0 aliphatic rings. The third kappa shape index (κ3) is 5.37. The molecule has 0 aromatic heterocycles. The van der Waals surface area contributed by atoms with Gasteiger partial charge in [-0.1, -0.05) is 6.07 Å². The molecule has 0 heterocycles. The lowest BCUT2D eigenvalue weighted by atomic mass is 9.98. The number of aryl methyl sites for hydroxylation is 1. The predicted molar refractivity (Wildman–Crippen MR) is 60.6 cm³/mol. The van der Waals surface area contributed by atoms with Crippen LogP contribution in [0.3, 0.4) is 0 Å². The molecule has 0 bridgehead atoms. The fourth-order valence-corrected chi connectivity index (χ4v) is 1.53. The summed E-state index contributed by atoms with van der Waals surface area (Å²) in [5.74, 6) is -0.413. The Morgan fingerprint density at radius 2 is 1.88 bits per heavy atom. The van der Waals surface area contributed by atoms with Crippen LogP contribution >= 0.6 is 12.4 Å². The molecule has 1 atom stereocenters. The molecule has 98 valence electrons. The van der Waals surface area contributed by atoms with E-state index in [1.165, 1.54) is 18.2 Å². The maximum absolute atomic E-state index is 12.8. The van der Waals surface area contributed by atoms with Gasteiger partial charge < -0.3 is 5.73 Å². The van der Waals surface area contributed by atoms with Crippen LogP contribution in [-0.4, -0.2) is 6.18 Å². The van der Waals surface area contributed by atoms with E-state index in [1.54, 1.807) is 6.92 Å². The molecule has 0 spiro atoms. The van der Waals surface area contributed by atoms with Gasteiger partial charge in [0.05, 0.1) is 0 Å². The third-order valence-electron chi connectivity index (χ3n) is 2.37. The Hall–Kier alpha value is -0.810. The molecule has 0 saturated heterocycles. The van der Waals surface area contributed by atoms with Crippen LogP contribution < -0.4 is 5.73 Å². The van der Waals surface area contributed by atoms with Gasteiger partial charge in [-0.25, -0.2) is 4.39 Å². The largest absolute Gasteiger partial charge is 0.389 e. The number of rotatable bonds is 3. The van der Waals surface area contributed by atoms with Crippen LogP contribution in [0.4, 0.5) is 17.6 Å². The zero-order valence-corrected chi connectivity index (χ0v) is 10.0. The second-order valence-corrected chi connectivity index (χ2v) is 3.76. The van der Waals surface area contributed by atoms with Crippen molar-refractivity contribution in [3.63, 3.8) is 0 Å². The van der Waals surface area contributed by atoms with Gasteiger partial charge in [0, 0.05) is 12.5 Å². The highest BCUT2D eigenvalue weighted by molar-refractivity contribution is 5.85. The van der Waals surface area contributed by atoms with Gasteiger partial charge in [-0.3, -0.25) is 0 Å². The van der Waals surface area contributed by atoms with Gasteiger partial charge in [0.15, 0.2) is 0 Å². The third-order valence-corrected chi connectivity index (χ3v) is 2.37. The van der Waals surface area contributed by atoms with Crippen molar-refractivity contribution in [2.24, 2.45) is 5.73 Å². The van der Waals surface area contributed by atoms with Crippen molar-refractivity contribution in [2.75, 3.05) is 0 Å². The summed E-state index contributed by atoms with van der Waals surface area (Å²) in [6.07, 6.45) is -5.31. The number of nitrogens with two attached hydrogens (primary N) is 1. The maximum Gasteiger partial charge on any atom is 0.389 e. The minimum Gasteiger partial charge on any atom is -0.324 e. The number of halogens is 5. The van der Waals surface area contributed by atoms with Crippen molar-refractivity contribution < 1.29 is 17.6 Å². The molecule has 0 amide bonds. The van der Waals surface area contributed by atoms with E-state index < -0.39 is 24.5 Å². The van der Waals surface area contributed by atoms with E-state index in [2.05, 4.69) is 0 Å². The first-order valence-corrected chi connectivity index (χ1v) is 4.88. The fraction of sp³-hybridized carbons (Fsp3) is 0.455. The van der Waals surface area contributed by atoms with Gasteiger partial charge in [-0.05, 0) is 36.6 Å². The standard InChI is InChI=1S/C11H13F4N.ClH/c1-7-6-8(12)2-3-9(7)10(16)4-5-11(13,14)15;/h2-3,6,10H,4-5,16H2,1H3;1H/t10-;/m1./s1. The van der Waals surface area contributed by atoms with E-state index in [4.69, 9.17) is 5.73 Å². The van der Waals surface area contributed by atoms with E-state index in [9.17, 15) is 17.6 Å². The van der Waals surface area contributed by atoms with E-state index in [1.807, 2.05) is 0 Å². The van der Waals surface area contributed by atoms with Crippen molar-refractivity contribution in [3.05, 3.63) is 35.1 Å². The molecular weight excluding hydrogens is 258 g/mol. The molecule has 0 unspecified atom stereocenters. The number of alkyl halides is 3. The van der Waals surface area contributed by atoms with Gasteiger partial charge in [0.2, 0.25) is 0 Å². The average Bonchev–Trinajstić information content (AvgIpc) is 2.13. The van der Waals surface area contributed by atoms with Crippen molar-refractivity contribution in [2.45, 2.75) is 32.0 Å². The Kier molecular flexibility index (Phi) is 5.92. The topological polar surface area (TPSA) is 26.0 Å². The van der Waals surface area contributed by atoms with E-state index in [0.717, 1.165) is 0 Å². The summed E-state index contributed by atoms with van der Waals surface area (Å²) in [7, 11) is 0. The van der Waals surface area contributed by atoms with Crippen LogP contribution in [0.2, 0.25) is 0 Å². The van der Waals surface area contributed by atoms with E-state index in [-0.39, 0.29) is 18.8 Å². The molecule has 1 rings (SSSR count). The molecule has 17 heavy (non-hydrogen) atoms. The molecule has 1 aromatic carbocycles. The lowest BCUT2D eigenvalue weighted by Gasteiger charge is -2.15. The van der Waals surface area contributed by atoms with Crippen LogP contribution in [0.25, 0.3) is 0 Å². The van der Waals surface area contributed by atoms with Crippen molar-refractivity contribution >= 4 is 12.4 Å². The summed E-state index contributed by atoms with van der Waals surface area (Å²) >= 11 is 0. The van der Waals surface area contributed by atoms with Crippen LogP contribution in [0.5, 0.6) is 0 Å². The fourth-order valence-electron chi connectivity index (χ4n) is 1.53. The molecule has 0 aliphatic heterocycles. The molecule has 6 heteroatoms. The Bertz CT molecular complexity index is 365. The quantitative estimate of drug-likeness (QED) is 0.829. The Balaban J connectivity index is 0.00000256. The smallest absolute Gasteiger partial charge is 0.324 e. The lowest BCUT2D eigenvalue weighted by Crippen LogP contribution is -2.16. The summed E-state index contributed by atoms with van der Waals surface area (Å²) < 4.78 is 48.7. The second kappa shape index (κ2) is 6.21. The average molecular weight is 272 g/mol. The van der Waals surface area contributed by atoms with Crippen molar-refractivity contribution in [1.29, 1.82) is 0 Å². The zero-order valence-electron chi connectivity index (χ0n) is 9.22. The lowest BCUT2D eigenvalue weighted by molar-refractivity contribution is -0.136. The highest BCUT2D eigenvalue weighted by Crippen LogP contribution is 2.27. The minimum absolute atomic E-state index is 0. The normalized spacial score (nSPS) is 13.1. The molecule has 0 fully saturated rings. The first-order chi connectivity index (χ1) is 7.29. The summed E-state index contributed by atoms with van der Waals surface area (Å²) in [4.78, 5) is 0. The molecule has 1 nitrogen and oxygen atoms in total. The molecular formula is C11H14ClF4N. The van der Waals surface area contributed by atoms with Gasteiger partial charge in [-0.2, -0.15) is 13.2 Å². The Morgan fingerprint density at radius 3 is 2.35 bits per heavy atom. The first kappa shape index (κ1) is 16.2. The van der Waals surface area contributed by atoms with Crippen LogP contribution in [0.15, 0.2) is 18.2 Å². The molecule has 0 radical (unpaired) electrons. The van der Waals surface area contributed by atoms with Crippen molar-refractivity contribution in [1.82, 2.24) is 0 Å². The summed E-state index contributed by atoms with van der Waals surface area (Å²) in [5.41, 5.74) is 6.77. The van der Waals surface area contributed by atoms with Gasteiger partial charge in [0.1, 0.15) is 5.82 Å². The predicted octanol–water partition coefficient (Wildman–Crippen LogP) is 3.90. The number of hydrogen-bond donors (Lipinski definition) is 1. The van der Waals surface area contributed by atoms with Crippen LogP contribution in [-0.2, 0) is 0 Å². The number of benzene rings is 1. The summed E-state index contributed by atoms with van der Waals surface area (Å²) in [6, 6.07) is 3.20. The molecule has 1 aromatic rings. The molecule has 0 saturated carbocycles. The molecule has 0 aliphatic carbocycles.